The zero-order valence-electron chi connectivity index (χ0n) is 38.5. The highest BCUT2D eigenvalue weighted by Crippen LogP contribution is 2.46. The number of aromatic nitrogens is 4. The van der Waals surface area contributed by atoms with Crippen LogP contribution in [0.5, 0.6) is 0 Å². The first-order chi connectivity index (χ1) is 35.2. The van der Waals surface area contributed by atoms with Crippen LogP contribution < -0.4 is 0 Å². The third kappa shape index (κ3) is 6.96. The molecule has 2 heterocycles. The summed E-state index contributed by atoms with van der Waals surface area (Å²) in [6.45, 7) is 0. The Hall–Kier alpha value is -9.51. The summed E-state index contributed by atoms with van der Waals surface area (Å²) in [5.74, 6) is 1.83. The van der Waals surface area contributed by atoms with E-state index in [1.54, 1.807) is 0 Å². The lowest BCUT2D eigenvalue weighted by Gasteiger charge is -2.21. The molecule has 0 unspecified atom stereocenters. The topological polar surface area (TPSA) is 43.6 Å². The summed E-state index contributed by atoms with van der Waals surface area (Å²) in [5, 5.41) is 11.8. The zero-order chi connectivity index (χ0) is 46.8. The summed E-state index contributed by atoms with van der Waals surface area (Å²) in [4.78, 5) is 16.2. The molecule has 0 aliphatic heterocycles. The highest BCUT2D eigenvalue weighted by molar-refractivity contribution is 6.24. The van der Waals surface area contributed by atoms with Crippen molar-refractivity contribution in [1.29, 1.82) is 0 Å². The maximum Gasteiger partial charge on any atom is 0.164 e. The fourth-order valence-corrected chi connectivity index (χ4v) is 10.8. The van der Waals surface area contributed by atoms with Crippen molar-refractivity contribution in [1.82, 2.24) is 19.5 Å². The molecule has 71 heavy (non-hydrogen) atoms. The number of benzene rings is 12. The second kappa shape index (κ2) is 16.6. The first-order valence-corrected chi connectivity index (χ1v) is 24.2. The van der Waals surface area contributed by atoms with E-state index in [2.05, 4.69) is 259 Å². The Kier molecular flexibility index (Phi) is 9.49. The first kappa shape index (κ1) is 40.5. The average Bonchev–Trinajstić information content (AvgIpc) is 3.77. The highest BCUT2D eigenvalue weighted by Gasteiger charge is 2.25. The second-order valence-corrected chi connectivity index (χ2v) is 18.4. The molecule has 0 bridgehead atoms. The molecule has 330 valence electrons. The zero-order valence-corrected chi connectivity index (χ0v) is 38.5. The van der Waals surface area contributed by atoms with Crippen molar-refractivity contribution in [2.45, 2.75) is 0 Å². The molecule has 0 saturated carbocycles. The molecule has 0 saturated heterocycles. The van der Waals surface area contributed by atoms with E-state index in [1.807, 2.05) is 0 Å². The van der Waals surface area contributed by atoms with Crippen molar-refractivity contribution < 1.29 is 0 Å². The van der Waals surface area contributed by atoms with Gasteiger partial charge in [-0.05, 0) is 108 Å². The lowest BCUT2D eigenvalue weighted by Crippen LogP contribution is -2.04. The van der Waals surface area contributed by atoms with Crippen LogP contribution >= 0.6 is 0 Å². The van der Waals surface area contributed by atoms with Crippen molar-refractivity contribution in [3.05, 3.63) is 255 Å². The van der Waals surface area contributed by atoms with Crippen molar-refractivity contribution in [3.63, 3.8) is 0 Å². The molecule has 0 fully saturated rings. The summed E-state index contributed by atoms with van der Waals surface area (Å²) in [5.41, 5.74) is 12.7. The average molecular weight is 903 g/mol. The van der Waals surface area contributed by atoms with Gasteiger partial charge in [-0.25, -0.2) is 15.0 Å². The van der Waals surface area contributed by atoms with Gasteiger partial charge in [-0.3, -0.25) is 0 Å². The minimum Gasteiger partial charge on any atom is -0.308 e. The van der Waals surface area contributed by atoms with E-state index >= 15 is 0 Å². The van der Waals surface area contributed by atoms with Crippen LogP contribution in [0.3, 0.4) is 0 Å². The number of hydrogen-bond donors (Lipinski definition) is 0. The third-order valence-corrected chi connectivity index (χ3v) is 14.2. The van der Waals surface area contributed by atoms with Gasteiger partial charge in [-0.2, -0.15) is 0 Å². The molecular formula is C67H42N4. The molecule has 0 N–H and O–H groups in total. The van der Waals surface area contributed by atoms with Gasteiger partial charge in [0.1, 0.15) is 0 Å². The first-order valence-electron chi connectivity index (χ1n) is 24.2. The summed E-state index contributed by atoms with van der Waals surface area (Å²) < 4.78 is 2.52. The van der Waals surface area contributed by atoms with Gasteiger partial charge in [-0.15, -0.1) is 0 Å². The Balaban J connectivity index is 1.12. The predicted molar refractivity (Wildman–Crippen MR) is 297 cm³/mol. The minimum absolute atomic E-state index is 0.592. The van der Waals surface area contributed by atoms with E-state index in [4.69, 9.17) is 15.0 Å². The van der Waals surface area contributed by atoms with Gasteiger partial charge in [0.05, 0.1) is 16.7 Å². The van der Waals surface area contributed by atoms with Crippen LogP contribution in [0.15, 0.2) is 255 Å². The lowest BCUT2D eigenvalue weighted by molar-refractivity contribution is 1.08. The van der Waals surface area contributed by atoms with E-state index in [-0.39, 0.29) is 0 Å². The lowest BCUT2D eigenvalue weighted by atomic mass is 9.91. The van der Waals surface area contributed by atoms with Crippen LogP contribution in [0.4, 0.5) is 0 Å². The largest absolute Gasteiger partial charge is 0.308 e. The molecule has 14 rings (SSSR count). The van der Waals surface area contributed by atoms with Crippen LogP contribution in [0.25, 0.3) is 138 Å². The maximum atomic E-state index is 5.48. The number of nitrogens with zero attached hydrogens (tertiary/aromatic N) is 4. The molecule has 14 aromatic rings. The normalized spacial score (nSPS) is 11.7. The Morgan fingerprint density at radius 2 is 0.761 bits per heavy atom. The summed E-state index contributed by atoms with van der Waals surface area (Å²) in [6.07, 6.45) is 0. The molecule has 0 atom stereocenters. The molecule has 0 radical (unpaired) electrons. The summed E-state index contributed by atoms with van der Waals surface area (Å²) in [6, 6.07) is 91.6. The van der Waals surface area contributed by atoms with Crippen LogP contribution in [-0.2, 0) is 0 Å². The van der Waals surface area contributed by atoms with Crippen LogP contribution in [0.2, 0.25) is 0 Å². The molecule has 12 aromatic carbocycles. The molecule has 4 nitrogen and oxygen atoms in total. The number of fused-ring (bicyclic) bond motifs is 8. The van der Waals surface area contributed by atoms with Gasteiger partial charge in [0.2, 0.25) is 0 Å². The van der Waals surface area contributed by atoms with E-state index in [9.17, 15) is 0 Å². The van der Waals surface area contributed by atoms with Gasteiger partial charge in [0, 0.05) is 38.6 Å². The fraction of sp³-hybridized carbons (Fsp3) is 0. The monoisotopic (exact) mass is 902 g/mol. The van der Waals surface area contributed by atoms with E-state index in [1.165, 1.54) is 32.3 Å². The maximum absolute atomic E-state index is 5.48. The molecule has 0 aliphatic rings. The summed E-state index contributed by atoms with van der Waals surface area (Å²) in [7, 11) is 0. The second-order valence-electron chi connectivity index (χ2n) is 18.4. The third-order valence-electron chi connectivity index (χ3n) is 14.2. The van der Waals surface area contributed by atoms with E-state index in [0.717, 1.165) is 88.3 Å². The minimum atomic E-state index is 0.592. The predicted octanol–water partition coefficient (Wildman–Crippen LogP) is 17.6. The number of rotatable bonds is 7. The van der Waals surface area contributed by atoms with Crippen LogP contribution in [-0.4, -0.2) is 19.5 Å². The highest BCUT2D eigenvalue weighted by atomic mass is 15.0. The fourth-order valence-electron chi connectivity index (χ4n) is 10.8. The Bertz CT molecular complexity index is 4400. The van der Waals surface area contributed by atoms with Gasteiger partial charge in [0.15, 0.2) is 17.5 Å². The molecule has 2 aromatic heterocycles. The quantitative estimate of drug-likeness (QED) is 0.160. The molecular weight excluding hydrogens is 861 g/mol. The SMILES string of the molecule is c1ccc(-c2cccc(-c3cc(-c4nc(-c5ccc6ccccc6c5)nc(-c5cccc6ccccc56)n4)cc(-c4ccccc4)c3-n3c4cc5ccccc5cc4c4c5ccccc5ccc43)c2)cc1. The Labute approximate surface area is 410 Å². The number of hydrogen-bond acceptors (Lipinski definition) is 3. The van der Waals surface area contributed by atoms with Gasteiger partial charge >= 0.3 is 0 Å². The van der Waals surface area contributed by atoms with Gasteiger partial charge in [-0.1, -0.05) is 212 Å². The summed E-state index contributed by atoms with van der Waals surface area (Å²) >= 11 is 0. The van der Waals surface area contributed by atoms with Crippen LogP contribution in [0, 0.1) is 0 Å². The van der Waals surface area contributed by atoms with Crippen molar-refractivity contribution in [2.75, 3.05) is 0 Å². The van der Waals surface area contributed by atoms with E-state index in [0.29, 0.717) is 17.5 Å². The standard InChI is InChI=1S/C67H42N4/c1-3-17-43(18-4-1)49-28-15-29-52(37-49)59-41-54(66-68-65(53-34-33-44-19-7-8-24-48(44)38-53)69-67(70-66)57-32-16-27-45-22-11-13-30-55(45)57)40-58(46-20-5-2-6-21-46)64(59)71-61-36-35-47-23-12-14-31-56(47)63(61)60-39-50-25-9-10-26-51(50)42-62(60)71/h1-42H. The van der Waals surface area contributed by atoms with Crippen molar-refractivity contribution >= 4 is 64.9 Å². The molecule has 0 aliphatic carbocycles. The Morgan fingerprint density at radius 1 is 0.239 bits per heavy atom. The Morgan fingerprint density at radius 3 is 1.52 bits per heavy atom. The van der Waals surface area contributed by atoms with Gasteiger partial charge in [0.25, 0.3) is 0 Å². The van der Waals surface area contributed by atoms with Crippen LogP contribution in [0.1, 0.15) is 0 Å². The molecule has 0 spiro atoms. The van der Waals surface area contributed by atoms with E-state index < -0.39 is 0 Å². The van der Waals surface area contributed by atoms with Gasteiger partial charge < -0.3 is 4.57 Å². The molecule has 0 amide bonds. The van der Waals surface area contributed by atoms with Crippen molar-refractivity contribution in [3.8, 4) is 73.2 Å². The smallest absolute Gasteiger partial charge is 0.164 e. The molecule has 4 heteroatoms. The van der Waals surface area contributed by atoms with Crippen molar-refractivity contribution in [2.24, 2.45) is 0 Å².